The van der Waals surface area contributed by atoms with Crippen molar-refractivity contribution >= 4 is 65.2 Å². The Hall–Kier alpha value is -0.600. The van der Waals surface area contributed by atoms with Crippen LogP contribution in [0.25, 0.3) is 0 Å². The molecule has 0 radical (unpaired) electrons. The van der Waals surface area contributed by atoms with Gasteiger partial charge in [-0.3, -0.25) is 4.79 Å². The molecule has 5 nitrogen and oxygen atoms in total. The van der Waals surface area contributed by atoms with Crippen molar-refractivity contribution in [2.75, 3.05) is 5.32 Å². The van der Waals surface area contributed by atoms with Gasteiger partial charge in [0.2, 0.25) is 5.91 Å². The van der Waals surface area contributed by atoms with Crippen molar-refractivity contribution in [3.63, 3.8) is 0 Å². The van der Waals surface area contributed by atoms with E-state index in [0.29, 0.717) is 24.4 Å². The molecule has 114 valence electrons. The molecule has 1 saturated carbocycles. The highest BCUT2D eigenvalue weighted by atomic mass is 79.9. The minimum absolute atomic E-state index is 0.0394. The van der Waals surface area contributed by atoms with Gasteiger partial charge < -0.3 is 16.3 Å². The fraction of sp³-hybridized carbons (Fsp3) is 0.385. The lowest BCUT2D eigenvalue weighted by Gasteiger charge is -2.43. The van der Waals surface area contributed by atoms with E-state index in [2.05, 4.69) is 58.3 Å². The summed E-state index contributed by atoms with van der Waals surface area (Å²) in [6, 6.07) is 3.67. The molecule has 1 aliphatic carbocycles. The Kier molecular flexibility index (Phi) is 4.99. The van der Waals surface area contributed by atoms with Crippen molar-refractivity contribution in [2.24, 2.45) is 22.2 Å². The van der Waals surface area contributed by atoms with Crippen LogP contribution in [0.2, 0.25) is 0 Å². The maximum absolute atomic E-state index is 12.6. The average molecular weight is 484 g/mol. The summed E-state index contributed by atoms with van der Waals surface area (Å²) < 4.78 is 2.35. The van der Waals surface area contributed by atoms with Crippen LogP contribution in [0, 0.1) is 11.3 Å². The van der Waals surface area contributed by atoms with Crippen LogP contribution in [0.3, 0.4) is 0 Å². The van der Waals surface area contributed by atoms with Crippen LogP contribution >= 0.6 is 47.8 Å². The van der Waals surface area contributed by atoms with Gasteiger partial charge in [-0.05, 0) is 62.8 Å². The quantitative estimate of drug-likeness (QED) is 0.262. The van der Waals surface area contributed by atoms with E-state index in [9.17, 15) is 4.79 Å². The van der Waals surface area contributed by atoms with Gasteiger partial charge in [-0.25, -0.2) is 0 Å². The van der Waals surface area contributed by atoms with Crippen LogP contribution in [-0.2, 0) is 4.79 Å². The lowest BCUT2D eigenvalue weighted by molar-refractivity contribution is -0.127. The summed E-state index contributed by atoms with van der Waals surface area (Å²) in [5, 5.41) is 14.8. The SMILES string of the molecule is CC1CC(C(=O)Nc2c(Br)cc(Br)cc2Br)(C(N)=NO)C1. The highest BCUT2D eigenvalue weighted by Crippen LogP contribution is 2.47. The Morgan fingerprint density at radius 2 is 1.90 bits per heavy atom. The average Bonchev–Trinajstić information content (AvgIpc) is 2.37. The third-order valence-electron chi connectivity index (χ3n) is 3.67. The molecule has 1 amide bonds. The highest BCUT2D eigenvalue weighted by molar-refractivity contribution is 9.11. The molecule has 0 unspecified atom stereocenters. The summed E-state index contributed by atoms with van der Waals surface area (Å²) in [7, 11) is 0. The number of nitrogens with two attached hydrogens (primary N) is 1. The number of nitrogens with zero attached hydrogens (tertiary/aromatic N) is 1. The number of hydrogen-bond acceptors (Lipinski definition) is 3. The number of nitrogens with one attached hydrogen (secondary N) is 1. The molecule has 1 fully saturated rings. The third kappa shape index (κ3) is 3.12. The molecule has 21 heavy (non-hydrogen) atoms. The molecule has 0 saturated heterocycles. The fourth-order valence-electron chi connectivity index (χ4n) is 2.63. The first-order valence-corrected chi connectivity index (χ1v) is 8.62. The van der Waals surface area contributed by atoms with E-state index in [-0.39, 0.29) is 11.7 Å². The molecule has 1 aliphatic rings. The van der Waals surface area contributed by atoms with Crippen LogP contribution in [0.1, 0.15) is 19.8 Å². The molecule has 1 aromatic carbocycles. The number of oxime groups is 1. The Bertz CT molecular complexity index is 590. The van der Waals surface area contributed by atoms with E-state index in [1.54, 1.807) is 0 Å². The standard InChI is InChI=1S/C13H14Br3N3O2/c1-6-4-13(5-6,11(17)19-21)12(20)18-10-8(15)2-7(14)3-9(10)16/h2-3,6,21H,4-5H2,1H3,(H2,17,19)(H,18,20). The van der Waals surface area contributed by atoms with Gasteiger partial charge >= 0.3 is 0 Å². The van der Waals surface area contributed by atoms with Gasteiger partial charge in [0, 0.05) is 13.4 Å². The molecule has 8 heteroatoms. The molecule has 0 bridgehead atoms. The molecule has 0 aliphatic heterocycles. The van der Waals surface area contributed by atoms with E-state index in [0.717, 1.165) is 13.4 Å². The normalized spacial score (nSPS) is 25.3. The van der Waals surface area contributed by atoms with Gasteiger partial charge in [0.15, 0.2) is 5.84 Å². The first-order chi connectivity index (χ1) is 9.80. The van der Waals surface area contributed by atoms with E-state index in [1.165, 1.54) is 0 Å². The lowest BCUT2D eigenvalue weighted by atomic mass is 9.61. The molecular weight excluding hydrogens is 470 g/mol. The maximum Gasteiger partial charge on any atom is 0.238 e. The van der Waals surface area contributed by atoms with Crippen LogP contribution < -0.4 is 11.1 Å². The van der Waals surface area contributed by atoms with Gasteiger partial charge in [-0.1, -0.05) is 28.0 Å². The summed E-state index contributed by atoms with van der Waals surface area (Å²) in [6.07, 6.45) is 1.14. The zero-order chi connectivity index (χ0) is 15.8. The molecule has 0 heterocycles. The maximum atomic E-state index is 12.6. The van der Waals surface area contributed by atoms with E-state index >= 15 is 0 Å². The molecule has 1 aromatic rings. The smallest absolute Gasteiger partial charge is 0.238 e. The molecule has 4 N–H and O–H groups in total. The summed E-state index contributed by atoms with van der Waals surface area (Å²) >= 11 is 10.2. The fourth-order valence-corrected chi connectivity index (χ4v) is 5.09. The number of anilines is 1. The Labute approximate surface area is 147 Å². The van der Waals surface area contributed by atoms with Crippen molar-refractivity contribution in [2.45, 2.75) is 19.8 Å². The van der Waals surface area contributed by atoms with Crippen molar-refractivity contribution in [1.29, 1.82) is 0 Å². The number of benzene rings is 1. The van der Waals surface area contributed by atoms with Crippen molar-refractivity contribution in [3.8, 4) is 0 Å². The first kappa shape index (κ1) is 16.8. The predicted molar refractivity (Wildman–Crippen MR) is 92.4 cm³/mol. The summed E-state index contributed by atoms with van der Waals surface area (Å²) in [5.74, 6) is 0.0647. The van der Waals surface area contributed by atoms with E-state index in [1.807, 2.05) is 19.1 Å². The second-order valence-electron chi connectivity index (χ2n) is 5.28. The van der Waals surface area contributed by atoms with Crippen molar-refractivity contribution < 1.29 is 10.0 Å². The molecule has 0 atom stereocenters. The molecule has 0 aromatic heterocycles. The number of amides is 1. The topological polar surface area (TPSA) is 87.7 Å². The Morgan fingerprint density at radius 1 is 1.38 bits per heavy atom. The van der Waals surface area contributed by atoms with Crippen molar-refractivity contribution in [3.05, 3.63) is 25.6 Å². The van der Waals surface area contributed by atoms with Crippen LogP contribution in [0.15, 0.2) is 30.7 Å². The predicted octanol–water partition coefficient (Wildman–Crippen LogP) is 4.08. The highest BCUT2D eigenvalue weighted by Gasteiger charge is 2.52. The Morgan fingerprint density at radius 3 is 2.33 bits per heavy atom. The second-order valence-corrected chi connectivity index (χ2v) is 7.90. The van der Waals surface area contributed by atoms with Crippen LogP contribution in [0.5, 0.6) is 0 Å². The summed E-state index contributed by atoms with van der Waals surface area (Å²) in [6.45, 7) is 2.03. The van der Waals surface area contributed by atoms with Crippen molar-refractivity contribution in [1.82, 2.24) is 0 Å². The van der Waals surface area contributed by atoms with Gasteiger partial charge in [0.1, 0.15) is 5.41 Å². The van der Waals surface area contributed by atoms with E-state index < -0.39 is 5.41 Å². The number of rotatable bonds is 3. The third-order valence-corrected chi connectivity index (χ3v) is 5.38. The van der Waals surface area contributed by atoms with Gasteiger partial charge in [0.05, 0.1) is 5.69 Å². The molecule has 2 rings (SSSR count). The number of amidine groups is 1. The zero-order valence-corrected chi connectivity index (χ0v) is 15.9. The second kappa shape index (κ2) is 6.26. The van der Waals surface area contributed by atoms with Gasteiger partial charge in [-0.15, -0.1) is 0 Å². The number of halogens is 3. The zero-order valence-electron chi connectivity index (χ0n) is 11.2. The first-order valence-electron chi connectivity index (χ1n) is 6.24. The van der Waals surface area contributed by atoms with Gasteiger partial charge in [0.25, 0.3) is 0 Å². The van der Waals surface area contributed by atoms with Gasteiger partial charge in [-0.2, -0.15) is 0 Å². The monoisotopic (exact) mass is 481 g/mol. The minimum Gasteiger partial charge on any atom is -0.409 e. The Balaban J connectivity index is 2.29. The largest absolute Gasteiger partial charge is 0.409 e. The number of carbonyl (C=O) groups is 1. The summed E-state index contributed by atoms with van der Waals surface area (Å²) in [5.41, 5.74) is 5.43. The molecular formula is C13H14Br3N3O2. The van der Waals surface area contributed by atoms with Crippen LogP contribution in [0.4, 0.5) is 5.69 Å². The summed E-state index contributed by atoms with van der Waals surface area (Å²) in [4.78, 5) is 12.6. The van der Waals surface area contributed by atoms with Crippen LogP contribution in [-0.4, -0.2) is 17.0 Å². The molecule has 0 spiro atoms. The minimum atomic E-state index is -0.930. The van der Waals surface area contributed by atoms with E-state index in [4.69, 9.17) is 10.9 Å². The lowest BCUT2D eigenvalue weighted by Crippen LogP contribution is -2.54. The number of carbonyl (C=O) groups excluding carboxylic acids is 1. The number of hydrogen-bond donors (Lipinski definition) is 3.